The molecule has 104 valence electrons. The topological polar surface area (TPSA) is 58.7 Å². The van der Waals surface area contributed by atoms with Crippen molar-refractivity contribution >= 4 is 11.3 Å². The standard InChI is InChI=1S/C13H18N2O3S/c1-15(6-12(16)8-17-2)5-11-9-19-13(14-11)10-3-4-18-7-10/h3-4,7,9,12,16H,5-6,8H2,1-2H3. The molecule has 1 unspecified atom stereocenters. The third-order valence-electron chi connectivity index (χ3n) is 2.63. The fourth-order valence-corrected chi connectivity index (χ4v) is 2.64. The molecule has 6 heteroatoms. The number of aliphatic hydroxyl groups excluding tert-OH is 1. The van der Waals surface area contributed by atoms with E-state index in [9.17, 15) is 5.11 Å². The fraction of sp³-hybridized carbons (Fsp3) is 0.462. The summed E-state index contributed by atoms with van der Waals surface area (Å²) in [5.41, 5.74) is 1.99. The highest BCUT2D eigenvalue weighted by Crippen LogP contribution is 2.24. The van der Waals surface area contributed by atoms with Crippen LogP contribution in [0.15, 0.2) is 28.4 Å². The molecule has 2 heterocycles. The predicted molar refractivity (Wildman–Crippen MR) is 74.0 cm³/mol. The summed E-state index contributed by atoms with van der Waals surface area (Å²) in [5, 5.41) is 12.6. The van der Waals surface area contributed by atoms with E-state index in [2.05, 4.69) is 4.98 Å². The number of hydrogen-bond donors (Lipinski definition) is 1. The smallest absolute Gasteiger partial charge is 0.126 e. The van der Waals surface area contributed by atoms with Gasteiger partial charge in [0.25, 0.3) is 0 Å². The van der Waals surface area contributed by atoms with Gasteiger partial charge in [0.05, 0.1) is 24.7 Å². The number of aromatic nitrogens is 1. The lowest BCUT2D eigenvalue weighted by atomic mass is 10.3. The molecule has 2 aromatic heterocycles. The second-order valence-corrected chi connectivity index (χ2v) is 5.32. The zero-order valence-corrected chi connectivity index (χ0v) is 11.9. The van der Waals surface area contributed by atoms with Gasteiger partial charge in [0, 0.05) is 31.1 Å². The van der Waals surface area contributed by atoms with E-state index < -0.39 is 6.10 Å². The molecule has 2 rings (SSSR count). The second-order valence-electron chi connectivity index (χ2n) is 4.46. The summed E-state index contributed by atoms with van der Waals surface area (Å²) < 4.78 is 9.96. The second kappa shape index (κ2) is 6.81. The van der Waals surface area contributed by atoms with Gasteiger partial charge in [-0.15, -0.1) is 11.3 Å². The molecule has 0 aliphatic carbocycles. The molecule has 0 amide bonds. The largest absolute Gasteiger partial charge is 0.472 e. The number of rotatable bonds is 7. The highest BCUT2D eigenvalue weighted by Gasteiger charge is 2.11. The quantitative estimate of drug-likeness (QED) is 0.839. The predicted octanol–water partition coefficient (Wildman–Crippen LogP) is 1.84. The first-order valence-electron chi connectivity index (χ1n) is 6.01. The molecular formula is C13H18N2O3S. The Morgan fingerprint density at radius 3 is 3.11 bits per heavy atom. The van der Waals surface area contributed by atoms with E-state index in [1.165, 1.54) is 0 Å². The maximum atomic E-state index is 9.66. The summed E-state index contributed by atoms with van der Waals surface area (Å²) in [6, 6.07) is 1.90. The first-order chi connectivity index (χ1) is 9.19. The molecule has 0 aliphatic rings. The van der Waals surface area contributed by atoms with Crippen LogP contribution in [0.25, 0.3) is 10.6 Å². The molecular weight excluding hydrogens is 264 g/mol. The van der Waals surface area contributed by atoms with Gasteiger partial charge < -0.3 is 14.3 Å². The van der Waals surface area contributed by atoms with Crippen molar-refractivity contribution in [2.45, 2.75) is 12.6 Å². The number of nitrogens with zero attached hydrogens (tertiary/aromatic N) is 2. The lowest BCUT2D eigenvalue weighted by molar-refractivity contribution is 0.0417. The Labute approximate surface area is 116 Å². The van der Waals surface area contributed by atoms with Gasteiger partial charge >= 0.3 is 0 Å². The number of hydrogen-bond acceptors (Lipinski definition) is 6. The Kier molecular flexibility index (Phi) is 5.09. The van der Waals surface area contributed by atoms with Gasteiger partial charge in [0.2, 0.25) is 0 Å². The Morgan fingerprint density at radius 2 is 2.42 bits per heavy atom. The van der Waals surface area contributed by atoms with Gasteiger partial charge in [0.1, 0.15) is 11.3 Å². The Hall–Kier alpha value is -1.21. The van der Waals surface area contributed by atoms with Gasteiger partial charge in [-0.1, -0.05) is 0 Å². The summed E-state index contributed by atoms with van der Waals surface area (Å²) >= 11 is 1.59. The van der Waals surface area contributed by atoms with Crippen molar-refractivity contribution in [3.63, 3.8) is 0 Å². The highest BCUT2D eigenvalue weighted by atomic mass is 32.1. The van der Waals surface area contributed by atoms with Gasteiger partial charge in [-0.3, -0.25) is 4.90 Å². The van der Waals surface area contributed by atoms with Crippen molar-refractivity contribution in [3.8, 4) is 10.6 Å². The maximum absolute atomic E-state index is 9.66. The molecule has 0 bridgehead atoms. The molecule has 0 saturated carbocycles. The summed E-state index contributed by atoms with van der Waals surface area (Å²) in [7, 11) is 3.54. The number of aliphatic hydroxyl groups is 1. The number of likely N-dealkylation sites (N-methyl/N-ethyl adjacent to an activating group) is 1. The zero-order valence-electron chi connectivity index (χ0n) is 11.1. The summed E-state index contributed by atoms with van der Waals surface area (Å²) in [6.45, 7) is 1.61. The lowest BCUT2D eigenvalue weighted by Gasteiger charge is -2.18. The van der Waals surface area contributed by atoms with Crippen LogP contribution < -0.4 is 0 Å². The van der Waals surface area contributed by atoms with Crippen molar-refractivity contribution in [2.75, 3.05) is 27.3 Å². The molecule has 0 fully saturated rings. The van der Waals surface area contributed by atoms with Gasteiger partial charge in [-0.2, -0.15) is 0 Å². The minimum Gasteiger partial charge on any atom is -0.472 e. The van der Waals surface area contributed by atoms with Gasteiger partial charge in [0.15, 0.2) is 0 Å². The Morgan fingerprint density at radius 1 is 1.58 bits per heavy atom. The Balaban J connectivity index is 1.89. The van der Waals surface area contributed by atoms with E-state index in [0.717, 1.165) is 16.3 Å². The van der Waals surface area contributed by atoms with Crippen LogP contribution in [0.4, 0.5) is 0 Å². The van der Waals surface area contributed by atoms with Crippen molar-refractivity contribution in [1.29, 1.82) is 0 Å². The van der Waals surface area contributed by atoms with E-state index in [4.69, 9.17) is 9.15 Å². The molecule has 0 spiro atoms. The molecule has 1 atom stereocenters. The van der Waals surface area contributed by atoms with Crippen LogP contribution >= 0.6 is 11.3 Å². The van der Waals surface area contributed by atoms with Crippen LogP contribution in [-0.2, 0) is 11.3 Å². The molecule has 2 aromatic rings. The number of furan rings is 1. The molecule has 1 N–H and O–H groups in total. The molecule has 19 heavy (non-hydrogen) atoms. The SMILES string of the molecule is COCC(O)CN(C)Cc1csc(-c2ccoc2)n1. The van der Waals surface area contributed by atoms with Gasteiger partial charge in [-0.05, 0) is 13.1 Å². The zero-order chi connectivity index (χ0) is 13.7. The van der Waals surface area contributed by atoms with E-state index in [1.54, 1.807) is 31.0 Å². The monoisotopic (exact) mass is 282 g/mol. The number of ether oxygens (including phenoxy) is 1. The minimum atomic E-state index is -0.470. The fourth-order valence-electron chi connectivity index (χ4n) is 1.84. The van der Waals surface area contributed by atoms with Crippen LogP contribution in [0.2, 0.25) is 0 Å². The van der Waals surface area contributed by atoms with E-state index in [0.29, 0.717) is 19.7 Å². The first-order valence-corrected chi connectivity index (χ1v) is 6.89. The molecule has 0 aliphatic heterocycles. The van der Waals surface area contributed by atoms with E-state index in [-0.39, 0.29) is 0 Å². The van der Waals surface area contributed by atoms with Crippen molar-refractivity contribution in [3.05, 3.63) is 29.7 Å². The van der Waals surface area contributed by atoms with Crippen LogP contribution in [-0.4, -0.2) is 48.4 Å². The average Bonchev–Trinajstić information content (AvgIpc) is 2.98. The highest BCUT2D eigenvalue weighted by molar-refractivity contribution is 7.13. The third-order valence-corrected chi connectivity index (χ3v) is 3.57. The maximum Gasteiger partial charge on any atom is 0.126 e. The molecule has 5 nitrogen and oxygen atoms in total. The average molecular weight is 282 g/mol. The van der Waals surface area contributed by atoms with E-state index >= 15 is 0 Å². The molecule has 0 radical (unpaired) electrons. The minimum absolute atomic E-state index is 0.349. The van der Waals surface area contributed by atoms with Crippen molar-refractivity contribution < 1.29 is 14.3 Å². The van der Waals surface area contributed by atoms with Crippen LogP contribution in [0.5, 0.6) is 0 Å². The number of methoxy groups -OCH3 is 1. The summed E-state index contributed by atoms with van der Waals surface area (Å²) in [4.78, 5) is 6.58. The normalized spacial score (nSPS) is 13.1. The lowest BCUT2D eigenvalue weighted by Crippen LogP contribution is -2.31. The van der Waals surface area contributed by atoms with Crippen molar-refractivity contribution in [2.24, 2.45) is 0 Å². The summed E-state index contributed by atoms with van der Waals surface area (Å²) in [6.07, 6.45) is 2.86. The van der Waals surface area contributed by atoms with Crippen LogP contribution in [0, 0.1) is 0 Å². The Bertz CT molecular complexity index is 484. The van der Waals surface area contributed by atoms with Gasteiger partial charge in [-0.25, -0.2) is 4.98 Å². The molecule has 0 saturated heterocycles. The van der Waals surface area contributed by atoms with Crippen LogP contribution in [0.3, 0.4) is 0 Å². The first kappa shape index (κ1) is 14.2. The van der Waals surface area contributed by atoms with Crippen molar-refractivity contribution in [1.82, 2.24) is 9.88 Å². The number of thiazole rings is 1. The van der Waals surface area contributed by atoms with Crippen LogP contribution in [0.1, 0.15) is 5.69 Å². The third kappa shape index (κ3) is 4.14. The summed E-state index contributed by atoms with van der Waals surface area (Å²) in [5.74, 6) is 0. The van der Waals surface area contributed by atoms with E-state index in [1.807, 2.05) is 23.4 Å². The molecule has 0 aromatic carbocycles.